The molecule has 1 amide bonds. The molecule has 4 aromatic rings. The van der Waals surface area contributed by atoms with Crippen LogP contribution in [0.4, 0.5) is 15.2 Å². The summed E-state index contributed by atoms with van der Waals surface area (Å²) in [7, 11) is 0. The van der Waals surface area contributed by atoms with Gasteiger partial charge >= 0.3 is 0 Å². The minimum absolute atomic E-state index is 0.0747. The van der Waals surface area contributed by atoms with E-state index in [-0.39, 0.29) is 11.7 Å². The van der Waals surface area contributed by atoms with Crippen molar-refractivity contribution >= 4 is 28.3 Å². The maximum Gasteiger partial charge on any atom is 0.226 e. The average Bonchev–Trinajstić information content (AvgIpc) is 3.46. The molecule has 0 unspecified atom stereocenters. The molecule has 0 fully saturated rings. The van der Waals surface area contributed by atoms with Crippen molar-refractivity contribution < 1.29 is 13.6 Å². The number of hydrogen-bond acceptors (Lipinski definition) is 6. The van der Waals surface area contributed by atoms with Crippen LogP contribution in [0, 0.1) is 12.7 Å². The van der Waals surface area contributed by atoms with Crippen molar-refractivity contribution in [1.29, 1.82) is 0 Å². The summed E-state index contributed by atoms with van der Waals surface area (Å²) in [6, 6.07) is 17.7. The summed E-state index contributed by atoms with van der Waals surface area (Å²) in [6.07, 6.45) is 2.43. The quantitative estimate of drug-likeness (QED) is 0.379. The number of rotatable bonds is 9. The molecule has 4 rings (SSSR count). The molecule has 0 radical (unpaired) electrons. The van der Waals surface area contributed by atoms with Gasteiger partial charge in [-0.2, -0.15) is 4.37 Å². The fourth-order valence-corrected chi connectivity index (χ4v) is 3.87. The van der Waals surface area contributed by atoms with Crippen LogP contribution in [-0.4, -0.2) is 21.8 Å². The summed E-state index contributed by atoms with van der Waals surface area (Å²) in [4.78, 5) is 19.1. The van der Waals surface area contributed by atoms with Crippen LogP contribution in [-0.2, 0) is 17.8 Å². The van der Waals surface area contributed by atoms with Gasteiger partial charge in [0.1, 0.15) is 17.4 Å². The summed E-state index contributed by atoms with van der Waals surface area (Å²) in [5, 5.41) is 3.63. The first-order valence-electron chi connectivity index (χ1n) is 10.3. The molecule has 164 valence electrons. The van der Waals surface area contributed by atoms with Gasteiger partial charge in [-0.3, -0.25) is 4.79 Å². The molecule has 0 saturated heterocycles. The molecule has 0 spiro atoms. The van der Waals surface area contributed by atoms with Crippen LogP contribution >= 0.6 is 11.5 Å². The number of carbonyl (C=O) groups is 1. The molecule has 8 heteroatoms. The normalized spacial score (nSPS) is 10.8. The fraction of sp³-hybridized carbons (Fsp3) is 0.208. The smallest absolute Gasteiger partial charge is 0.226 e. The van der Waals surface area contributed by atoms with E-state index in [0.717, 1.165) is 22.6 Å². The first-order valence-corrected chi connectivity index (χ1v) is 11.0. The SMILES string of the molecule is Cc1ccc(NC(=O)CCN(Cc2ccco2)c2nc(Cc3ccc(F)cc3)ns2)cc1. The largest absolute Gasteiger partial charge is 0.467 e. The van der Waals surface area contributed by atoms with Gasteiger partial charge in [0.2, 0.25) is 11.0 Å². The lowest BCUT2D eigenvalue weighted by atomic mass is 10.1. The van der Waals surface area contributed by atoms with Gasteiger partial charge < -0.3 is 14.6 Å². The van der Waals surface area contributed by atoms with Gasteiger partial charge in [-0.05, 0) is 48.9 Å². The van der Waals surface area contributed by atoms with E-state index in [1.165, 1.54) is 23.7 Å². The minimum atomic E-state index is -0.269. The molecule has 2 aromatic carbocycles. The molecule has 0 aliphatic rings. The van der Waals surface area contributed by atoms with E-state index < -0.39 is 0 Å². The first-order chi connectivity index (χ1) is 15.5. The standard InChI is InChI=1S/C24H23FN4O2S/c1-17-4-10-20(11-5-17)26-23(30)12-13-29(16-21-3-2-14-31-21)24-27-22(28-32-24)15-18-6-8-19(25)9-7-18/h2-11,14H,12-13,15-16H2,1H3,(H,26,30). The molecule has 6 nitrogen and oxygen atoms in total. The van der Waals surface area contributed by atoms with Crippen molar-refractivity contribution in [2.45, 2.75) is 26.3 Å². The van der Waals surface area contributed by atoms with E-state index in [1.54, 1.807) is 18.4 Å². The van der Waals surface area contributed by atoms with Crippen molar-refractivity contribution in [3.63, 3.8) is 0 Å². The minimum Gasteiger partial charge on any atom is -0.467 e. The highest BCUT2D eigenvalue weighted by molar-refractivity contribution is 7.09. The van der Waals surface area contributed by atoms with Crippen molar-refractivity contribution in [3.8, 4) is 0 Å². The number of nitrogens with zero attached hydrogens (tertiary/aromatic N) is 3. The Morgan fingerprint density at radius 3 is 2.62 bits per heavy atom. The zero-order chi connectivity index (χ0) is 22.3. The molecule has 2 heterocycles. The van der Waals surface area contributed by atoms with Crippen LogP contribution in [0.15, 0.2) is 71.3 Å². The predicted octanol–water partition coefficient (Wildman–Crippen LogP) is 5.20. The Balaban J connectivity index is 1.42. The highest BCUT2D eigenvalue weighted by atomic mass is 32.1. The van der Waals surface area contributed by atoms with E-state index in [4.69, 9.17) is 4.42 Å². The summed E-state index contributed by atoms with van der Waals surface area (Å²) in [5.74, 6) is 1.09. The van der Waals surface area contributed by atoms with Gasteiger partial charge in [0.05, 0.1) is 12.8 Å². The zero-order valence-electron chi connectivity index (χ0n) is 17.6. The zero-order valence-corrected chi connectivity index (χ0v) is 18.4. The molecule has 0 atom stereocenters. The number of furan rings is 1. The van der Waals surface area contributed by atoms with E-state index in [2.05, 4.69) is 14.7 Å². The molecule has 0 bridgehead atoms. The van der Waals surface area contributed by atoms with E-state index in [9.17, 15) is 9.18 Å². The Morgan fingerprint density at radius 2 is 1.91 bits per heavy atom. The monoisotopic (exact) mass is 450 g/mol. The van der Waals surface area contributed by atoms with E-state index >= 15 is 0 Å². The van der Waals surface area contributed by atoms with Crippen LogP contribution in [0.1, 0.15) is 29.1 Å². The molecule has 1 N–H and O–H groups in total. The third kappa shape index (κ3) is 6.01. The number of halogens is 1. The van der Waals surface area contributed by atoms with Crippen molar-refractivity contribution in [3.05, 3.63) is 95.5 Å². The van der Waals surface area contributed by atoms with Gasteiger partial charge in [-0.25, -0.2) is 9.37 Å². The summed E-state index contributed by atoms with van der Waals surface area (Å²) in [5.41, 5.74) is 2.85. The highest BCUT2D eigenvalue weighted by Crippen LogP contribution is 2.22. The molecule has 0 saturated carbocycles. The first kappa shape index (κ1) is 21.7. The lowest BCUT2D eigenvalue weighted by Gasteiger charge is -2.20. The number of amides is 1. The van der Waals surface area contributed by atoms with Gasteiger partial charge in [-0.15, -0.1) is 0 Å². The fourth-order valence-electron chi connectivity index (χ4n) is 3.16. The predicted molar refractivity (Wildman–Crippen MR) is 123 cm³/mol. The Bertz CT molecular complexity index is 1140. The summed E-state index contributed by atoms with van der Waals surface area (Å²) >= 11 is 1.28. The highest BCUT2D eigenvalue weighted by Gasteiger charge is 2.16. The van der Waals surface area contributed by atoms with Crippen molar-refractivity contribution in [1.82, 2.24) is 9.36 Å². The number of hydrogen-bond donors (Lipinski definition) is 1. The number of aromatic nitrogens is 2. The Morgan fingerprint density at radius 1 is 1.12 bits per heavy atom. The molecule has 32 heavy (non-hydrogen) atoms. The average molecular weight is 451 g/mol. The number of anilines is 2. The second-order valence-electron chi connectivity index (χ2n) is 7.46. The molecule has 0 aliphatic heterocycles. The van der Waals surface area contributed by atoms with Crippen molar-refractivity contribution in [2.24, 2.45) is 0 Å². The third-order valence-electron chi connectivity index (χ3n) is 4.87. The number of aryl methyl sites for hydroxylation is 1. The molecular weight excluding hydrogens is 427 g/mol. The Labute approximate surface area is 189 Å². The second kappa shape index (κ2) is 10.2. The van der Waals surface area contributed by atoms with E-state index in [1.807, 2.05) is 48.2 Å². The number of benzene rings is 2. The van der Waals surface area contributed by atoms with Gasteiger partial charge in [0.25, 0.3) is 0 Å². The third-order valence-corrected chi connectivity index (χ3v) is 5.69. The van der Waals surface area contributed by atoms with Crippen LogP contribution in [0.3, 0.4) is 0 Å². The lowest BCUT2D eigenvalue weighted by molar-refractivity contribution is -0.116. The van der Waals surface area contributed by atoms with Crippen LogP contribution in [0.25, 0.3) is 0 Å². The van der Waals surface area contributed by atoms with Gasteiger partial charge in [0, 0.05) is 36.6 Å². The molecule has 2 aromatic heterocycles. The molecular formula is C24H23FN4O2S. The summed E-state index contributed by atoms with van der Waals surface area (Å²) < 4.78 is 23.1. The maximum absolute atomic E-state index is 13.1. The van der Waals surface area contributed by atoms with Crippen LogP contribution in [0.2, 0.25) is 0 Å². The Kier molecular flexibility index (Phi) is 6.91. The van der Waals surface area contributed by atoms with Crippen LogP contribution < -0.4 is 10.2 Å². The maximum atomic E-state index is 13.1. The van der Waals surface area contributed by atoms with Gasteiger partial charge in [-0.1, -0.05) is 29.8 Å². The van der Waals surface area contributed by atoms with Gasteiger partial charge in [0.15, 0.2) is 0 Å². The second-order valence-corrected chi connectivity index (χ2v) is 8.19. The van der Waals surface area contributed by atoms with Crippen molar-refractivity contribution in [2.75, 3.05) is 16.8 Å². The topological polar surface area (TPSA) is 71.3 Å². The molecule has 0 aliphatic carbocycles. The van der Waals surface area contributed by atoms with E-state index in [0.29, 0.717) is 36.9 Å². The number of nitrogens with one attached hydrogen (secondary N) is 1. The lowest BCUT2D eigenvalue weighted by Crippen LogP contribution is -2.27. The number of carbonyl (C=O) groups excluding carboxylic acids is 1. The van der Waals surface area contributed by atoms with Crippen LogP contribution in [0.5, 0.6) is 0 Å². The summed E-state index contributed by atoms with van der Waals surface area (Å²) in [6.45, 7) is 2.95. The Hall–Kier alpha value is -3.52.